The second-order valence-corrected chi connectivity index (χ2v) is 53.0. The largest absolute Gasteiger partial charge is 0.431 e. The highest BCUT2D eigenvalue weighted by molar-refractivity contribution is 8.02. The summed E-state index contributed by atoms with van der Waals surface area (Å²) in [7, 11) is 0. The van der Waals surface area contributed by atoms with Gasteiger partial charge in [-0.15, -0.1) is 22.7 Å². The number of benzene rings is 3. The minimum Gasteiger partial charge on any atom is -0.431 e. The number of thioether (sulfide) groups is 4. The topological polar surface area (TPSA) is 361 Å². The van der Waals surface area contributed by atoms with Crippen LogP contribution in [0.15, 0.2) is 191 Å². The third-order valence-electron chi connectivity index (χ3n) is 40.1. The van der Waals surface area contributed by atoms with Crippen LogP contribution in [0.3, 0.4) is 0 Å². The summed E-state index contributed by atoms with van der Waals surface area (Å²) in [6.45, 7) is 19.1. The Labute approximate surface area is 855 Å². The summed E-state index contributed by atoms with van der Waals surface area (Å²) in [6.07, 6.45) is 30.6. The van der Waals surface area contributed by atoms with Crippen molar-refractivity contribution >= 4 is 148 Å². The first kappa shape index (κ1) is 101. The van der Waals surface area contributed by atoms with Crippen LogP contribution in [0.25, 0.3) is 31.5 Å². The maximum atomic E-state index is 14.5. The van der Waals surface area contributed by atoms with Gasteiger partial charge in [0, 0.05) is 63.4 Å². The van der Waals surface area contributed by atoms with Crippen LogP contribution in [-0.2, 0) is 47.8 Å². The van der Waals surface area contributed by atoms with Crippen molar-refractivity contribution in [3.05, 3.63) is 168 Å². The molecule has 17 aliphatic rings. The van der Waals surface area contributed by atoms with Gasteiger partial charge in [-0.05, 0) is 296 Å². The molecule has 0 radical (unpaired) electrons. The van der Waals surface area contributed by atoms with Crippen LogP contribution in [0, 0.1) is 114 Å². The van der Waals surface area contributed by atoms with E-state index >= 15 is 0 Å². The van der Waals surface area contributed by atoms with Gasteiger partial charge in [0.25, 0.3) is 5.22 Å². The van der Waals surface area contributed by atoms with Gasteiger partial charge in [-0.2, -0.15) is 0 Å². The van der Waals surface area contributed by atoms with Crippen LogP contribution in [0.5, 0.6) is 0 Å². The van der Waals surface area contributed by atoms with E-state index in [2.05, 4.69) is 62.6 Å². The van der Waals surface area contributed by atoms with E-state index in [1.165, 1.54) is 58.2 Å². The van der Waals surface area contributed by atoms with Crippen molar-refractivity contribution in [2.24, 2.45) is 114 Å². The maximum absolute atomic E-state index is 14.5. The van der Waals surface area contributed by atoms with Crippen LogP contribution < -0.4 is 0 Å². The third kappa shape index (κ3) is 16.2. The number of hydrogen-bond donors (Lipinski definition) is 7. The zero-order valence-corrected chi connectivity index (χ0v) is 87.5. The Hall–Kier alpha value is -7.10. The number of aromatic nitrogens is 4. The Balaban J connectivity index is 0.000000112. The lowest BCUT2D eigenvalue weighted by Crippen LogP contribution is -2.63. The highest BCUT2D eigenvalue weighted by Gasteiger charge is 2.77. The Kier molecular flexibility index (Phi) is 26.7. The minimum absolute atomic E-state index is 0.00413. The SMILES string of the molecule is CC12C=CC(=O)C=C1CCC1C2[C@@H](O)CC2(C)C1CC[C@]2(O)C(=O)CSc1ccccn1.CC12CCC(=O)C=C1CCC1C2[C@@H](O)CC2(C)C1CC[C@]2(O)C(=O)CSc1nc2ccccc2o1.CC12CCC(=O)C=C1CCC1C2[C@@H](O)CC2(C)C1CC[C@]2(O)C(=O)CSc1nc2ccccc2s1.CCCC1O[C@@H]2CC3C4CCC5=CC(=O)C=CC5(C)C4[C@@H](O)CC3(C)[C@]2(C(=O)CSc2nc3ccccc3s2)O1. The summed E-state index contributed by atoms with van der Waals surface area (Å²) in [5.41, 5.74) is -0.968. The minimum atomic E-state index is -1.47. The number of fused-ring (bicyclic) bond motifs is 25. The molecule has 16 aliphatic carbocycles. The molecule has 0 spiro atoms. The molecule has 7 N–H and O–H groups in total. The van der Waals surface area contributed by atoms with E-state index in [1.54, 1.807) is 53.2 Å². The lowest BCUT2D eigenvalue weighted by Gasteiger charge is -2.60. The highest BCUT2D eigenvalue weighted by Crippen LogP contribution is 2.74. The van der Waals surface area contributed by atoms with Gasteiger partial charge >= 0.3 is 0 Å². The van der Waals surface area contributed by atoms with E-state index in [1.807, 2.05) is 130 Å². The molecule has 1 aliphatic heterocycles. The number of ketones is 8. The molecule has 7 aromatic rings. The van der Waals surface area contributed by atoms with E-state index in [-0.39, 0.29) is 168 Å². The van der Waals surface area contributed by atoms with E-state index in [0.29, 0.717) is 68.6 Å². The molecule has 1 saturated heterocycles. The van der Waals surface area contributed by atoms with Crippen molar-refractivity contribution in [1.82, 2.24) is 19.9 Å². The molecule has 12 saturated carbocycles. The quantitative estimate of drug-likeness (QED) is 0.0392. The number of aliphatic hydroxyl groups is 7. The van der Waals surface area contributed by atoms with Crippen LogP contribution >= 0.6 is 69.7 Å². The zero-order chi connectivity index (χ0) is 99.8. The van der Waals surface area contributed by atoms with Crippen LogP contribution in [0.1, 0.15) is 223 Å². The van der Waals surface area contributed by atoms with Gasteiger partial charge in [0.15, 0.2) is 72.4 Å². The number of hydrogen-bond acceptors (Lipinski definition) is 28. The number of Topliss-reactive ketones (excluding diaryl/α,β-unsaturated/α-hetero) is 4. The van der Waals surface area contributed by atoms with Gasteiger partial charge in [0.1, 0.15) is 22.3 Å². The molecule has 28 heteroatoms. The zero-order valence-electron chi connectivity index (χ0n) is 82.6. The average Bonchev–Trinajstić information content (AvgIpc) is 1.50. The Bertz CT molecular complexity index is 6130. The first-order valence-electron chi connectivity index (χ1n) is 51.9. The van der Waals surface area contributed by atoms with E-state index < -0.39 is 74.8 Å². The molecule has 142 heavy (non-hydrogen) atoms. The fourth-order valence-corrected chi connectivity index (χ4v) is 38.9. The first-order chi connectivity index (χ1) is 67.7. The Morgan fingerprint density at radius 2 is 0.852 bits per heavy atom. The molecule has 30 atom stereocenters. The van der Waals surface area contributed by atoms with Gasteiger partial charge in [0.05, 0.1) is 79.0 Å². The predicted octanol–water partition coefficient (Wildman–Crippen LogP) is 19.8. The fourth-order valence-electron chi connectivity index (χ4n) is 33.3. The number of rotatable bonds is 18. The number of carbonyl (C=O) groups is 8. The maximum Gasteiger partial charge on any atom is 0.257 e. The summed E-state index contributed by atoms with van der Waals surface area (Å²) in [4.78, 5) is 121. The van der Waals surface area contributed by atoms with E-state index in [0.717, 1.165) is 154 Å². The van der Waals surface area contributed by atoms with Crippen LogP contribution in [0.4, 0.5) is 0 Å². The van der Waals surface area contributed by atoms with Crippen molar-refractivity contribution in [1.29, 1.82) is 0 Å². The third-order valence-corrected chi connectivity index (χ3v) is 46.3. The monoisotopic (exact) mass is 2040 g/mol. The van der Waals surface area contributed by atoms with Crippen molar-refractivity contribution in [3.63, 3.8) is 0 Å². The molecule has 5 heterocycles. The average molecular weight is 2040 g/mol. The summed E-state index contributed by atoms with van der Waals surface area (Å²) in [5.74, 6) is 2.59. The number of pyridine rings is 1. The molecule has 22 nitrogen and oxygen atoms in total. The number of thiazole rings is 2. The molecular formula is C114H134N4O18S6. The summed E-state index contributed by atoms with van der Waals surface area (Å²) < 4.78 is 23.0. The molecule has 754 valence electrons. The van der Waals surface area contributed by atoms with Crippen molar-refractivity contribution in [2.45, 2.75) is 301 Å². The molecule has 4 aromatic heterocycles. The lowest BCUT2D eigenvalue weighted by molar-refractivity contribution is -0.197. The van der Waals surface area contributed by atoms with Gasteiger partial charge in [-0.3, -0.25) is 38.4 Å². The van der Waals surface area contributed by atoms with Gasteiger partial charge < -0.3 is 49.6 Å². The summed E-state index contributed by atoms with van der Waals surface area (Å²) in [6, 6.07) is 29.1. The predicted molar refractivity (Wildman–Crippen MR) is 550 cm³/mol. The van der Waals surface area contributed by atoms with Gasteiger partial charge in [-0.1, -0.05) is 193 Å². The van der Waals surface area contributed by atoms with E-state index in [9.17, 15) is 74.1 Å². The molecule has 0 amide bonds. The number of allylic oxidation sites excluding steroid dienone is 10. The Morgan fingerprint density at radius 3 is 1.32 bits per heavy atom. The number of nitrogens with zero attached hydrogens (tertiary/aromatic N) is 4. The number of para-hydroxylation sites is 4. The molecule has 0 bridgehead atoms. The number of oxazole rings is 1. The molecule has 13 fully saturated rings. The summed E-state index contributed by atoms with van der Waals surface area (Å²) >= 11 is 8.67. The normalized spacial score (nSPS) is 41.4. The van der Waals surface area contributed by atoms with Crippen molar-refractivity contribution < 1.29 is 88.0 Å². The van der Waals surface area contributed by atoms with Gasteiger partial charge in [-0.25, -0.2) is 19.9 Å². The van der Waals surface area contributed by atoms with Crippen molar-refractivity contribution in [2.75, 3.05) is 23.0 Å². The van der Waals surface area contributed by atoms with Gasteiger partial charge in [0.2, 0.25) is 0 Å². The van der Waals surface area contributed by atoms with Crippen molar-refractivity contribution in [3.8, 4) is 0 Å². The molecule has 3 aromatic carbocycles. The van der Waals surface area contributed by atoms with Crippen LogP contribution in [0.2, 0.25) is 0 Å². The second-order valence-electron chi connectivity index (χ2n) is 46.6. The molecule has 24 rings (SSSR count). The first-order valence-corrected chi connectivity index (χ1v) is 57.5. The fraction of sp³-hybridized carbons (Fsp3) is 0.596. The number of carbonyl (C=O) groups excluding carboxylic acids is 8. The van der Waals surface area contributed by atoms with E-state index in [4.69, 9.17) is 18.9 Å². The smallest absolute Gasteiger partial charge is 0.257 e. The Morgan fingerprint density at radius 1 is 0.437 bits per heavy atom. The standard InChI is InChI=1S/C32H37NO5S2.C28H33NO5S.C28H33NO4S2.C26H31NO4S/c1-4-7-27-37-26-15-21-20-11-10-18-14-19(34)12-13-30(18,2)28(20)23(35)16-31(21,3)32(26,38-27)25(36)17-39-29-33-22-8-5-6-9-24(22)40-29;1-26-11-9-17(30)13-16(26)7-8-18-19-10-12-28(33,27(19,2)14-21(31)24(18)26)23(32)15-35-25-29-20-5-3-4-6-22(20)34-25;1-26-11-9-17(30)13-16(26)7-8-18-19-10-12-28(33,27(19,2)14-21(31)24(18)26)23(32)15-34-25-29-20-5-3-4-6-22(20)35-25;1-24-10-8-17(28)13-16(24)6-7-18-19-9-11-26(31,25(19,2)14-20(29)23(18)24)21(30)15-32-22-5-3-4-12-27-22/h5-6,8-9,12-14,20-21,23,26-28,35H,4,7,10-11,15-17H2,1-3H3;2*3-6,13,18-19,21,24,31,33H,7-12,14-15H2,1-2H3;3-5,8,10,12-13,18-20,23,29,31H,6-7,9,11,14-15H2,1-2H3/t20?,21?,23-,26+,27?,28?,30?,31?,32+;2*18?,19?,21-,24?,26?,27?,28-;18?,19?,20-,23?,24?,25?,26-/m0000/s1. The highest BCUT2D eigenvalue weighted by atomic mass is 32.2. The second kappa shape index (κ2) is 37.6. The summed E-state index contributed by atoms with van der Waals surface area (Å²) in [5, 5.41) is 83.2. The number of ether oxygens (including phenoxy) is 2. The molecular weight excluding hydrogens is 1910 g/mol. The lowest BCUT2D eigenvalue weighted by atomic mass is 9.45. The van der Waals surface area contributed by atoms with Crippen LogP contribution in [-0.4, -0.2) is 184 Å². The molecule has 21 unspecified atom stereocenters. The number of aliphatic hydroxyl groups excluding tert-OH is 4.